The lowest BCUT2D eigenvalue weighted by molar-refractivity contribution is -0.0922. The molecular formula is C17H24N2O2. The van der Waals surface area contributed by atoms with Gasteiger partial charge in [-0.1, -0.05) is 18.2 Å². The van der Waals surface area contributed by atoms with Crippen molar-refractivity contribution in [2.75, 3.05) is 40.0 Å². The Bertz CT molecular complexity index is 561. The third-order valence-corrected chi connectivity index (χ3v) is 4.12. The minimum atomic E-state index is 0.272. The van der Waals surface area contributed by atoms with Crippen molar-refractivity contribution < 1.29 is 9.47 Å². The van der Waals surface area contributed by atoms with Crippen LogP contribution in [0.3, 0.4) is 0 Å². The molecule has 0 bridgehead atoms. The first kappa shape index (κ1) is 14.6. The van der Waals surface area contributed by atoms with Crippen molar-refractivity contribution in [3.05, 3.63) is 36.5 Å². The smallest absolute Gasteiger partial charge is 0.0821 e. The van der Waals surface area contributed by atoms with E-state index in [1.165, 1.54) is 10.9 Å². The van der Waals surface area contributed by atoms with Crippen LogP contribution in [-0.2, 0) is 16.0 Å². The summed E-state index contributed by atoms with van der Waals surface area (Å²) in [5.41, 5.74) is 1.31. The summed E-state index contributed by atoms with van der Waals surface area (Å²) in [4.78, 5) is 2.37. The molecule has 3 rings (SSSR count). The van der Waals surface area contributed by atoms with Gasteiger partial charge >= 0.3 is 0 Å². The Kier molecular flexibility index (Phi) is 4.91. The number of hydrogen-bond acceptors (Lipinski definition) is 3. The number of rotatable bonds is 6. The van der Waals surface area contributed by atoms with E-state index in [4.69, 9.17) is 9.47 Å². The number of ether oxygens (including phenoxy) is 2. The lowest BCUT2D eigenvalue weighted by Gasteiger charge is -2.25. The molecule has 1 unspecified atom stereocenters. The van der Waals surface area contributed by atoms with Crippen LogP contribution in [0.5, 0.6) is 0 Å². The lowest BCUT2D eigenvalue weighted by atomic mass is 10.2. The molecule has 1 fully saturated rings. The van der Waals surface area contributed by atoms with E-state index in [-0.39, 0.29) is 6.10 Å². The zero-order chi connectivity index (χ0) is 14.5. The maximum atomic E-state index is 5.68. The zero-order valence-electron chi connectivity index (χ0n) is 12.7. The van der Waals surface area contributed by atoms with Gasteiger partial charge in [0.25, 0.3) is 0 Å². The van der Waals surface area contributed by atoms with E-state index >= 15 is 0 Å². The maximum absolute atomic E-state index is 5.68. The highest BCUT2D eigenvalue weighted by Crippen LogP contribution is 2.15. The van der Waals surface area contributed by atoms with E-state index in [2.05, 4.69) is 53.0 Å². The Hall–Kier alpha value is -1.36. The van der Waals surface area contributed by atoms with Gasteiger partial charge in [-0.15, -0.1) is 0 Å². The lowest BCUT2D eigenvalue weighted by Crippen LogP contribution is -2.33. The molecule has 0 N–H and O–H groups in total. The van der Waals surface area contributed by atoms with E-state index in [1.807, 2.05) is 0 Å². The summed E-state index contributed by atoms with van der Waals surface area (Å²) in [6, 6.07) is 10.7. The summed E-state index contributed by atoms with van der Waals surface area (Å²) in [6.07, 6.45) is 3.49. The van der Waals surface area contributed by atoms with Gasteiger partial charge < -0.3 is 18.9 Å². The van der Waals surface area contributed by atoms with E-state index in [0.29, 0.717) is 0 Å². The molecule has 0 aliphatic carbocycles. The molecule has 0 amide bonds. The van der Waals surface area contributed by atoms with Crippen LogP contribution in [0.25, 0.3) is 10.9 Å². The number of aromatic nitrogens is 1. The van der Waals surface area contributed by atoms with Gasteiger partial charge in [0.05, 0.1) is 25.9 Å². The summed E-state index contributed by atoms with van der Waals surface area (Å²) < 4.78 is 13.4. The van der Waals surface area contributed by atoms with Gasteiger partial charge in [0.15, 0.2) is 0 Å². The molecule has 4 nitrogen and oxygen atoms in total. The van der Waals surface area contributed by atoms with Crippen LogP contribution < -0.4 is 0 Å². The quantitative estimate of drug-likeness (QED) is 0.816. The summed E-state index contributed by atoms with van der Waals surface area (Å²) in [5, 5.41) is 1.31. The van der Waals surface area contributed by atoms with E-state index < -0.39 is 0 Å². The molecule has 114 valence electrons. The molecule has 2 heterocycles. The van der Waals surface area contributed by atoms with Crippen LogP contribution in [0, 0.1) is 0 Å². The first-order chi connectivity index (χ1) is 10.3. The number of para-hydroxylation sites is 1. The molecule has 0 saturated carbocycles. The Morgan fingerprint density at radius 3 is 2.95 bits per heavy atom. The van der Waals surface area contributed by atoms with Crippen LogP contribution in [0.15, 0.2) is 36.5 Å². The molecule has 21 heavy (non-hydrogen) atoms. The fourth-order valence-electron chi connectivity index (χ4n) is 2.79. The normalized spacial score (nSPS) is 19.4. The van der Waals surface area contributed by atoms with E-state index in [9.17, 15) is 0 Å². The molecule has 1 atom stereocenters. The monoisotopic (exact) mass is 288 g/mol. The van der Waals surface area contributed by atoms with Gasteiger partial charge in [0.2, 0.25) is 0 Å². The fourth-order valence-corrected chi connectivity index (χ4v) is 2.79. The summed E-state index contributed by atoms with van der Waals surface area (Å²) >= 11 is 0. The summed E-state index contributed by atoms with van der Waals surface area (Å²) in [7, 11) is 2.18. The van der Waals surface area contributed by atoms with Crippen molar-refractivity contribution in [3.8, 4) is 0 Å². The fraction of sp³-hybridized carbons (Fsp3) is 0.529. The van der Waals surface area contributed by atoms with Crippen LogP contribution in [0.2, 0.25) is 0 Å². The third-order valence-electron chi connectivity index (χ3n) is 4.12. The average Bonchev–Trinajstić information content (AvgIpc) is 2.95. The number of nitrogens with zero attached hydrogens (tertiary/aromatic N) is 2. The third kappa shape index (κ3) is 3.84. The Morgan fingerprint density at radius 1 is 1.19 bits per heavy atom. The van der Waals surface area contributed by atoms with Crippen molar-refractivity contribution >= 4 is 10.9 Å². The predicted molar refractivity (Wildman–Crippen MR) is 84.6 cm³/mol. The second kappa shape index (κ2) is 7.07. The van der Waals surface area contributed by atoms with Crippen molar-refractivity contribution in [3.63, 3.8) is 0 Å². The average molecular weight is 288 g/mol. The van der Waals surface area contributed by atoms with Gasteiger partial charge in [0.1, 0.15) is 0 Å². The van der Waals surface area contributed by atoms with Crippen LogP contribution in [-0.4, -0.2) is 55.5 Å². The van der Waals surface area contributed by atoms with Crippen molar-refractivity contribution in [1.82, 2.24) is 9.47 Å². The Balaban J connectivity index is 1.45. The highest BCUT2D eigenvalue weighted by molar-refractivity contribution is 5.79. The predicted octanol–water partition coefficient (Wildman–Crippen LogP) is 2.38. The second-order valence-electron chi connectivity index (χ2n) is 5.73. The van der Waals surface area contributed by atoms with Crippen molar-refractivity contribution in [1.29, 1.82) is 0 Å². The number of fused-ring (bicyclic) bond motifs is 1. The molecule has 1 aliphatic rings. The molecule has 1 aromatic heterocycles. The highest BCUT2D eigenvalue weighted by Gasteiger charge is 2.14. The number of benzene rings is 1. The summed E-state index contributed by atoms with van der Waals surface area (Å²) in [5.74, 6) is 0. The standard InChI is InChI=1S/C17H24N2O2/c1-18(8-7-16-14-20-12-13-21-16)10-11-19-9-6-15-4-2-3-5-17(15)19/h2-6,9,16H,7-8,10-14H2,1H3. The zero-order valence-corrected chi connectivity index (χ0v) is 12.7. The Labute approximate surface area is 126 Å². The SMILES string of the molecule is CN(CCC1COCCO1)CCn1ccc2ccccc21. The Morgan fingerprint density at radius 2 is 2.10 bits per heavy atom. The molecule has 0 spiro atoms. The topological polar surface area (TPSA) is 26.6 Å². The molecule has 1 saturated heterocycles. The van der Waals surface area contributed by atoms with E-state index in [1.54, 1.807) is 0 Å². The largest absolute Gasteiger partial charge is 0.376 e. The molecule has 4 heteroatoms. The van der Waals surface area contributed by atoms with Gasteiger partial charge in [0, 0.05) is 31.3 Å². The molecule has 2 aromatic rings. The van der Waals surface area contributed by atoms with Crippen molar-refractivity contribution in [2.24, 2.45) is 0 Å². The highest BCUT2D eigenvalue weighted by atomic mass is 16.6. The van der Waals surface area contributed by atoms with Gasteiger partial charge in [-0.05, 0) is 31.0 Å². The molecular weight excluding hydrogens is 264 g/mol. The first-order valence-corrected chi connectivity index (χ1v) is 7.75. The molecule has 0 radical (unpaired) electrons. The van der Waals surface area contributed by atoms with Gasteiger partial charge in [-0.3, -0.25) is 0 Å². The van der Waals surface area contributed by atoms with Crippen molar-refractivity contribution in [2.45, 2.75) is 19.1 Å². The van der Waals surface area contributed by atoms with Crippen LogP contribution in [0.4, 0.5) is 0 Å². The summed E-state index contributed by atoms with van der Waals surface area (Å²) in [6.45, 7) is 5.35. The first-order valence-electron chi connectivity index (χ1n) is 7.75. The van der Waals surface area contributed by atoms with Crippen LogP contribution in [0.1, 0.15) is 6.42 Å². The molecule has 1 aliphatic heterocycles. The van der Waals surface area contributed by atoms with Crippen LogP contribution >= 0.6 is 0 Å². The minimum absolute atomic E-state index is 0.272. The van der Waals surface area contributed by atoms with Gasteiger partial charge in [-0.25, -0.2) is 0 Å². The number of hydrogen-bond donors (Lipinski definition) is 0. The maximum Gasteiger partial charge on any atom is 0.0821 e. The van der Waals surface area contributed by atoms with Gasteiger partial charge in [-0.2, -0.15) is 0 Å². The van der Waals surface area contributed by atoms with E-state index in [0.717, 1.165) is 45.9 Å². The minimum Gasteiger partial charge on any atom is -0.376 e. The molecule has 1 aromatic carbocycles. The number of likely N-dealkylation sites (N-methyl/N-ethyl adjacent to an activating group) is 1. The second-order valence-corrected chi connectivity index (χ2v) is 5.73.